The van der Waals surface area contributed by atoms with Crippen molar-refractivity contribution in [2.24, 2.45) is 0 Å². The fourth-order valence-corrected chi connectivity index (χ4v) is 2.28. The fraction of sp³-hybridized carbons (Fsp3) is 0.278. The van der Waals surface area contributed by atoms with E-state index in [2.05, 4.69) is 37.4 Å². The minimum absolute atomic E-state index is 0.0571. The van der Waals surface area contributed by atoms with E-state index in [1.807, 2.05) is 19.1 Å². The predicted octanol–water partition coefficient (Wildman–Crippen LogP) is 3.63. The summed E-state index contributed by atoms with van der Waals surface area (Å²) in [4.78, 5) is 11.7. The summed E-state index contributed by atoms with van der Waals surface area (Å²) in [7, 11) is 0. The lowest BCUT2D eigenvalue weighted by Gasteiger charge is -2.09. The first-order chi connectivity index (χ1) is 10.1. The molecule has 3 heteroatoms. The molecule has 1 amide bonds. The van der Waals surface area contributed by atoms with Gasteiger partial charge in [-0.1, -0.05) is 29.3 Å². The predicted molar refractivity (Wildman–Crippen MR) is 84.7 cm³/mol. The third kappa shape index (κ3) is 4.35. The summed E-state index contributed by atoms with van der Waals surface area (Å²) >= 11 is 0. The third-order valence-electron chi connectivity index (χ3n) is 3.14. The number of rotatable bonds is 5. The Balaban J connectivity index is 1.99. The molecule has 1 N–H and O–H groups in total. The van der Waals surface area contributed by atoms with E-state index in [-0.39, 0.29) is 5.91 Å². The molecule has 0 bridgehead atoms. The SMILES string of the molecule is CCNC(=O)c1ccc(OCc2cc(C)cc(C)c2)cc1. The molecule has 21 heavy (non-hydrogen) atoms. The molecule has 0 heterocycles. The van der Waals surface area contributed by atoms with E-state index in [1.165, 1.54) is 11.1 Å². The zero-order valence-electron chi connectivity index (χ0n) is 12.8. The summed E-state index contributed by atoms with van der Waals surface area (Å²) in [5, 5.41) is 2.77. The van der Waals surface area contributed by atoms with Crippen LogP contribution >= 0.6 is 0 Å². The Kier molecular flexibility index (Phi) is 4.99. The van der Waals surface area contributed by atoms with Crippen molar-refractivity contribution >= 4 is 5.91 Å². The molecule has 0 saturated carbocycles. The second kappa shape index (κ2) is 6.93. The summed E-state index contributed by atoms with van der Waals surface area (Å²) in [6.45, 7) is 7.22. The van der Waals surface area contributed by atoms with Gasteiger partial charge in [-0.2, -0.15) is 0 Å². The molecule has 2 aromatic rings. The smallest absolute Gasteiger partial charge is 0.251 e. The van der Waals surface area contributed by atoms with Crippen LogP contribution in [0.15, 0.2) is 42.5 Å². The van der Waals surface area contributed by atoms with Crippen molar-refractivity contribution in [3.63, 3.8) is 0 Å². The van der Waals surface area contributed by atoms with Gasteiger partial charge < -0.3 is 10.1 Å². The van der Waals surface area contributed by atoms with Gasteiger partial charge >= 0.3 is 0 Å². The van der Waals surface area contributed by atoms with Crippen LogP contribution in [-0.2, 0) is 6.61 Å². The maximum atomic E-state index is 11.7. The number of hydrogen-bond acceptors (Lipinski definition) is 2. The second-order valence-corrected chi connectivity index (χ2v) is 5.17. The lowest BCUT2D eigenvalue weighted by molar-refractivity contribution is 0.0956. The maximum Gasteiger partial charge on any atom is 0.251 e. The number of amides is 1. The van der Waals surface area contributed by atoms with E-state index in [4.69, 9.17) is 4.74 Å². The van der Waals surface area contributed by atoms with Crippen molar-refractivity contribution in [1.82, 2.24) is 5.32 Å². The first-order valence-electron chi connectivity index (χ1n) is 7.16. The Morgan fingerprint density at radius 1 is 1.05 bits per heavy atom. The van der Waals surface area contributed by atoms with Gasteiger partial charge in [0.25, 0.3) is 5.91 Å². The monoisotopic (exact) mass is 283 g/mol. The zero-order chi connectivity index (χ0) is 15.2. The highest BCUT2D eigenvalue weighted by molar-refractivity contribution is 5.94. The number of carbonyl (C=O) groups excluding carboxylic acids is 1. The van der Waals surface area contributed by atoms with Crippen LogP contribution in [0.2, 0.25) is 0 Å². The van der Waals surface area contributed by atoms with Crippen molar-refractivity contribution in [2.75, 3.05) is 6.54 Å². The molecule has 0 atom stereocenters. The van der Waals surface area contributed by atoms with Crippen LogP contribution in [-0.4, -0.2) is 12.5 Å². The van der Waals surface area contributed by atoms with Gasteiger partial charge in [-0.05, 0) is 50.6 Å². The van der Waals surface area contributed by atoms with Gasteiger partial charge in [0.2, 0.25) is 0 Å². The van der Waals surface area contributed by atoms with E-state index in [9.17, 15) is 4.79 Å². The summed E-state index contributed by atoms with van der Waals surface area (Å²) in [5.74, 6) is 0.709. The van der Waals surface area contributed by atoms with Gasteiger partial charge in [-0.3, -0.25) is 4.79 Å². The van der Waals surface area contributed by atoms with E-state index in [1.54, 1.807) is 12.1 Å². The first kappa shape index (κ1) is 15.1. The van der Waals surface area contributed by atoms with Crippen LogP contribution in [0, 0.1) is 13.8 Å². The van der Waals surface area contributed by atoms with Crippen molar-refractivity contribution < 1.29 is 9.53 Å². The molecule has 0 aromatic heterocycles. The molecular weight excluding hydrogens is 262 g/mol. The first-order valence-corrected chi connectivity index (χ1v) is 7.16. The van der Waals surface area contributed by atoms with Gasteiger partial charge in [0.15, 0.2) is 0 Å². The molecular formula is C18H21NO2. The van der Waals surface area contributed by atoms with Crippen molar-refractivity contribution in [3.8, 4) is 5.75 Å². The molecule has 0 fully saturated rings. The summed E-state index contributed by atoms with van der Waals surface area (Å²) in [6.07, 6.45) is 0. The van der Waals surface area contributed by atoms with Crippen LogP contribution in [0.3, 0.4) is 0 Å². The van der Waals surface area contributed by atoms with E-state index >= 15 is 0 Å². The van der Waals surface area contributed by atoms with Crippen molar-refractivity contribution in [1.29, 1.82) is 0 Å². The minimum atomic E-state index is -0.0571. The highest BCUT2D eigenvalue weighted by Crippen LogP contribution is 2.16. The molecule has 2 aromatic carbocycles. The zero-order valence-corrected chi connectivity index (χ0v) is 12.8. The molecule has 0 aliphatic rings. The summed E-state index contributed by atoms with van der Waals surface area (Å²) in [5.41, 5.74) is 4.27. The molecule has 3 nitrogen and oxygen atoms in total. The van der Waals surface area contributed by atoms with Crippen LogP contribution in [0.5, 0.6) is 5.75 Å². The lowest BCUT2D eigenvalue weighted by atomic mass is 10.1. The molecule has 0 spiro atoms. The van der Waals surface area contributed by atoms with Crippen LogP contribution in [0.1, 0.15) is 34.0 Å². The average Bonchev–Trinajstić information content (AvgIpc) is 2.45. The van der Waals surface area contributed by atoms with Crippen molar-refractivity contribution in [3.05, 3.63) is 64.7 Å². The largest absolute Gasteiger partial charge is 0.489 e. The lowest BCUT2D eigenvalue weighted by Crippen LogP contribution is -2.22. The molecule has 0 radical (unpaired) electrons. The molecule has 0 aliphatic heterocycles. The Bertz CT molecular complexity index is 597. The topological polar surface area (TPSA) is 38.3 Å². The van der Waals surface area contributed by atoms with Gasteiger partial charge in [0.05, 0.1) is 0 Å². The van der Waals surface area contributed by atoms with Crippen molar-refractivity contribution in [2.45, 2.75) is 27.4 Å². The maximum absolute atomic E-state index is 11.7. The highest BCUT2D eigenvalue weighted by atomic mass is 16.5. The number of nitrogens with one attached hydrogen (secondary N) is 1. The molecule has 0 saturated heterocycles. The van der Waals surface area contributed by atoms with E-state index < -0.39 is 0 Å². The summed E-state index contributed by atoms with van der Waals surface area (Å²) in [6, 6.07) is 13.6. The van der Waals surface area contributed by atoms with Gasteiger partial charge in [0, 0.05) is 12.1 Å². The van der Waals surface area contributed by atoms with Crippen LogP contribution in [0.25, 0.3) is 0 Å². The fourth-order valence-electron chi connectivity index (χ4n) is 2.28. The number of aryl methyl sites for hydroxylation is 2. The van der Waals surface area contributed by atoms with E-state index in [0.717, 1.165) is 11.3 Å². The average molecular weight is 283 g/mol. The number of benzene rings is 2. The minimum Gasteiger partial charge on any atom is -0.489 e. The Hall–Kier alpha value is -2.29. The van der Waals surface area contributed by atoms with E-state index in [0.29, 0.717) is 18.7 Å². The number of ether oxygens (including phenoxy) is 1. The molecule has 110 valence electrons. The standard InChI is InChI=1S/C18H21NO2/c1-4-19-18(20)16-5-7-17(8-6-16)21-12-15-10-13(2)9-14(3)11-15/h5-11H,4,12H2,1-3H3,(H,19,20). The Morgan fingerprint density at radius 2 is 1.67 bits per heavy atom. The van der Waals surface area contributed by atoms with Gasteiger partial charge in [-0.25, -0.2) is 0 Å². The number of hydrogen-bond donors (Lipinski definition) is 1. The van der Waals surface area contributed by atoms with Crippen LogP contribution < -0.4 is 10.1 Å². The summed E-state index contributed by atoms with van der Waals surface area (Å²) < 4.78 is 5.77. The third-order valence-corrected chi connectivity index (χ3v) is 3.14. The second-order valence-electron chi connectivity index (χ2n) is 5.17. The number of carbonyl (C=O) groups is 1. The molecule has 2 rings (SSSR count). The Morgan fingerprint density at radius 3 is 2.24 bits per heavy atom. The normalized spacial score (nSPS) is 10.2. The quantitative estimate of drug-likeness (QED) is 0.910. The molecule has 0 unspecified atom stereocenters. The van der Waals surface area contributed by atoms with Gasteiger partial charge in [-0.15, -0.1) is 0 Å². The van der Waals surface area contributed by atoms with Gasteiger partial charge in [0.1, 0.15) is 12.4 Å². The highest BCUT2D eigenvalue weighted by Gasteiger charge is 2.04. The van der Waals surface area contributed by atoms with Crippen LogP contribution in [0.4, 0.5) is 0 Å². The molecule has 0 aliphatic carbocycles. The Labute approximate surface area is 126 Å².